The number of rotatable bonds is 5. The zero-order valence-electron chi connectivity index (χ0n) is 9.11. The van der Waals surface area contributed by atoms with Gasteiger partial charge in [-0.1, -0.05) is 6.92 Å². The number of aliphatic hydroxyl groups is 1. The minimum atomic E-state index is -0.336. The monoisotopic (exact) mass is 334 g/mol. The first kappa shape index (κ1) is 13.4. The molecule has 0 bridgehead atoms. The van der Waals surface area contributed by atoms with Crippen LogP contribution in [0.15, 0.2) is 18.5 Å². The molecule has 1 aromatic heterocycles. The van der Waals surface area contributed by atoms with Crippen molar-refractivity contribution in [3.8, 4) is 0 Å². The number of halogens is 1. The fraction of sp³-hybridized carbons (Fsp3) is 0.455. The van der Waals surface area contributed by atoms with Crippen LogP contribution in [0.4, 0.5) is 0 Å². The van der Waals surface area contributed by atoms with E-state index in [1.165, 1.54) is 0 Å². The Labute approximate surface area is 109 Å². The lowest BCUT2D eigenvalue weighted by atomic mass is 10.2. The first-order chi connectivity index (χ1) is 7.65. The molecule has 1 aromatic rings. The Kier molecular flexibility index (Phi) is 5.68. The van der Waals surface area contributed by atoms with Crippen molar-refractivity contribution in [3.63, 3.8) is 0 Å². The van der Waals surface area contributed by atoms with Crippen LogP contribution in [-0.2, 0) is 0 Å². The number of carbonyl (C=O) groups excluding carboxylic acids is 1. The standard InChI is InChI=1S/C11H15IN2O2/c1-2-8(15)3-6-14-11(16)9-4-5-13-7-10(9)12/h4-5,7-8,15H,2-3,6H2,1H3,(H,14,16). The normalized spacial score (nSPS) is 12.2. The van der Waals surface area contributed by atoms with Crippen LogP contribution < -0.4 is 5.32 Å². The van der Waals surface area contributed by atoms with E-state index in [1.807, 2.05) is 6.92 Å². The number of nitrogens with one attached hydrogen (secondary N) is 1. The van der Waals surface area contributed by atoms with Crippen molar-refractivity contribution in [3.05, 3.63) is 27.6 Å². The molecule has 1 unspecified atom stereocenters. The molecule has 0 aromatic carbocycles. The molecule has 1 rings (SSSR count). The lowest BCUT2D eigenvalue weighted by molar-refractivity contribution is 0.0941. The lowest BCUT2D eigenvalue weighted by Gasteiger charge is -2.09. The minimum absolute atomic E-state index is 0.116. The van der Waals surface area contributed by atoms with Crippen LogP contribution in [0.1, 0.15) is 30.1 Å². The lowest BCUT2D eigenvalue weighted by Crippen LogP contribution is -2.27. The number of carbonyl (C=O) groups is 1. The van der Waals surface area contributed by atoms with Crippen LogP contribution in [-0.4, -0.2) is 28.6 Å². The number of nitrogens with zero attached hydrogens (tertiary/aromatic N) is 1. The smallest absolute Gasteiger partial charge is 0.252 e. The second-order valence-electron chi connectivity index (χ2n) is 3.46. The molecule has 0 fully saturated rings. The summed E-state index contributed by atoms with van der Waals surface area (Å²) in [5.74, 6) is -0.116. The predicted octanol–water partition coefficient (Wildman–Crippen LogP) is 1.58. The van der Waals surface area contributed by atoms with E-state index in [4.69, 9.17) is 0 Å². The van der Waals surface area contributed by atoms with Gasteiger partial charge in [-0.05, 0) is 41.5 Å². The van der Waals surface area contributed by atoms with Crippen LogP contribution in [0.25, 0.3) is 0 Å². The molecular weight excluding hydrogens is 319 g/mol. The molecule has 1 heterocycles. The summed E-state index contributed by atoms with van der Waals surface area (Å²) in [6.45, 7) is 2.41. The summed E-state index contributed by atoms with van der Waals surface area (Å²) in [6.07, 6.45) is 4.21. The molecule has 1 atom stereocenters. The van der Waals surface area contributed by atoms with E-state index in [-0.39, 0.29) is 12.0 Å². The first-order valence-corrected chi connectivity index (χ1v) is 6.28. The van der Waals surface area contributed by atoms with Crippen LogP contribution in [0.5, 0.6) is 0 Å². The van der Waals surface area contributed by atoms with E-state index in [1.54, 1.807) is 18.5 Å². The summed E-state index contributed by atoms with van der Waals surface area (Å²) in [5.41, 5.74) is 0.626. The highest BCUT2D eigenvalue weighted by Crippen LogP contribution is 2.09. The van der Waals surface area contributed by atoms with Crippen LogP contribution in [0.3, 0.4) is 0 Å². The minimum Gasteiger partial charge on any atom is -0.393 e. The Bertz CT molecular complexity index is 358. The van der Waals surface area contributed by atoms with E-state index in [0.29, 0.717) is 24.9 Å². The van der Waals surface area contributed by atoms with Gasteiger partial charge in [0.05, 0.1) is 11.7 Å². The first-order valence-electron chi connectivity index (χ1n) is 5.21. The molecule has 0 saturated heterocycles. The number of hydrogen-bond donors (Lipinski definition) is 2. The highest BCUT2D eigenvalue weighted by Gasteiger charge is 2.09. The van der Waals surface area contributed by atoms with Crippen molar-refractivity contribution in [1.29, 1.82) is 0 Å². The summed E-state index contributed by atoms with van der Waals surface area (Å²) in [5, 5.41) is 12.1. The van der Waals surface area contributed by atoms with E-state index >= 15 is 0 Å². The maximum atomic E-state index is 11.7. The fourth-order valence-corrected chi connectivity index (χ4v) is 1.80. The van der Waals surface area contributed by atoms with Crippen molar-refractivity contribution in [2.24, 2.45) is 0 Å². The van der Waals surface area contributed by atoms with Crippen LogP contribution >= 0.6 is 22.6 Å². The summed E-state index contributed by atoms with van der Waals surface area (Å²) in [7, 11) is 0. The number of amides is 1. The van der Waals surface area contributed by atoms with Gasteiger partial charge < -0.3 is 10.4 Å². The van der Waals surface area contributed by atoms with Crippen LogP contribution in [0.2, 0.25) is 0 Å². The van der Waals surface area contributed by atoms with Gasteiger partial charge in [0.15, 0.2) is 0 Å². The Hall–Kier alpha value is -0.690. The van der Waals surface area contributed by atoms with Crippen molar-refractivity contribution in [2.75, 3.05) is 6.54 Å². The third kappa shape index (κ3) is 4.05. The number of hydrogen-bond acceptors (Lipinski definition) is 3. The molecule has 4 nitrogen and oxygen atoms in total. The molecule has 2 N–H and O–H groups in total. The van der Waals surface area contributed by atoms with Crippen molar-refractivity contribution < 1.29 is 9.90 Å². The molecule has 5 heteroatoms. The summed E-state index contributed by atoms with van der Waals surface area (Å²) in [6, 6.07) is 1.69. The van der Waals surface area contributed by atoms with Gasteiger partial charge in [0.2, 0.25) is 0 Å². The van der Waals surface area contributed by atoms with Crippen molar-refractivity contribution in [1.82, 2.24) is 10.3 Å². The van der Waals surface area contributed by atoms with Crippen LogP contribution in [0, 0.1) is 3.57 Å². The van der Waals surface area contributed by atoms with E-state index in [2.05, 4.69) is 32.9 Å². The average Bonchev–Trinajstić information content (AvgIpc) is 2.29. The third-order valence-corrected chi connectivity index (χ3v) is 3.11. The van der Waals surface area contributed by atoms with Gasteiger partial charge in [-0.25, -0.2) is 0 Å². The van der Waals surface area contributed by atoms with Gasteiger partial charge in [0.25, 0.3) is 5.91 Å². The quantitative estimate of drug-likeness (QED) is 0.804. The van der Waals surface area contributed by atoms with E-state index in [9.17, 15) is 9.90 Å². The van der Waals surface area contributed by atoms with Gasteiger partial charge in [-0.3, -0.25) is 9.78 Å². The Morgan fingerprint density at radius 1 is 1.69 bits per heavy atom. The SMILES string of the molecule is CCC(O)CCNC(=O)c1ccncc1I. The zero-order chi connectivity index (χ0) is 12.0. The molecule has 0 aliphatic carbocycles. The Balaban J connectivity index is 2.44. The fourth-order valence-electron chi connectivity index (χ4n) is 1.21. The zero-order valence-corrected chi connectivity index (χ0v) is 11.3. The molecule has 88 valence electrons. The molecule has 16 heavy (non-hydrogen) atoms. The number of aromatic nitrogens is 1. The number of pyridine rings is 1. The largest absolute Gasteiger partial charge is 0.393 e. The molecule has 0 radical (unpaired) electrons. The molecule has 0 saturated carbocycles. The molecule has 0 aliphatic rings. The van der Waals surface area contributed by atoms with Gasteiger partial charge >= 0.3 is 0 Å². The highest BCUT2D eigenvalue weighted by molar-refractivity contribution is 14.1. The van der Waals surface area contributed by atoms with E-state index in [0.717, 1.165) is 3.57 Å². The van der Waals surface area contributed by atoms with Gasteiger partial charge in [0, 0.05) is 22.5 Å². The second-order valence-corrected chi connectivity index (χ2v) is 4.62. The van der Waals surface area contributed by atoms with Gasteiger partial charge in [-0.15, -0.1) is 0 Å². The summed E-state index contributed by atoms with van der Waals surface area (Å²) < 4.78 is 0.827. The summed E-state index contributed by atoms with van der Waals surface area (Å²) >= 11 is 2.08. The third-order valence-electron chi connectivity index (χ3n) is 2.25. The maximum Gasteiger partial charge on any atom is 0.252 e. The summed E-state index contributed by atoms with van der Waals surface area (Å²) in [4.78, 5) is 15.6. The van der Waals surface area contributed by atoms with Gasteiger partial charge in [0.1, 0.15) is 0 Å². The molecule has 0 aliphatic heterocycles. The molecule has 1 amide bonds. The van der Waals surface area contributed by atoms with E-state index < -0.39 is 0 Å². The Morgan fingerprint density at radius 3 is 3.06 bits per heavy atom. The second kappa shape index (κ2) is 6.80. The number of aliphatic hydroxyl groups excluding tert-OH is 1. The average molecular weight is 334 g/mol. The van der Waals surface area contributed by atoms with Crippen molar-refractivity contribution >= 4 is 28.5 Å². The highest BCUT2D eigenvalue weighted by atomic mass is 127. The van der Waals surface area contributed by atoms with Gasteiger partial charge in [-0.2, -0.15) is 0 Å². The predicted molar refractivity (Wildman–Crippen MR) is 70.2 cm³/mol. The molecular formula is C11H15IN2O2. The topological polar surface area (TPSA) is 62.2 Å². The maximum absolute atomic E-state index is 11.7. The van der Waals surface area contributed by atoms with Crippen molar-refractivity contribution in [2.45, 2.75) is 25.9 Å². The Morgan fingerprint density at radius 2 is 2.44 bits per heavy atom. The molecule has 0 spiro atoms.